The Morgan fingerprint density at radius 1 is 1.10 bits per heavy atom. The van der Waals surface area contributed by atoms with Gasteiger partial charge in [-0.25, -0.2) is 0 Å². The molecule has 0 aromatic heterocycles. The molecular weight excluding hydrogens is 406 g/mol. The third-order valence-electron chi connectivity index (χ3n) is 6.22. The van der Waals surface area contributed by atoms with E-state index >= 15 is 0 Å². The van der Waals surface area contributed by atoms with Crippen molar-refractivity contribution in [3.05, 3.63) is 29.3 Å². The molecule has 1 heterocycles. The number of ether oxygens (including phenoxy) is 3. The molecule has 1 aliphatic heterocycles. The smallest absolute Gasteiger partial charge is 0.247 e. The summed E-state index contributed by atoms with van der Waals surface area (Å²) in [6.07, 6.45) is 0.284. The molecule has 0 bridgehead atoms. The number of phenols is 1. The molecule has 170 valence electrons. The summed E-state index contributed by atoms with van der Waals surface area (Å²) in [7, 11) is 0. The predicted octanol–water partition coefficient (Wildman–Crippen LogP) is 0.439. The molecular formula is C22H29NO8. The van der Waals surface area contributed by atoms with Crippen molar-refractivity contribution in [1.82, 2.24) is 5.32 Å². The molecule has 2 aliphatic carbocycles. The standard InChI is InChI=1S/C22H29NO8/c1-11(8-12-6-7-15(14(24)9-12)31-13-4-2-3-5-13)22(28)23-16-17(25)19(27)21-20(18(16)26)29-10-30-21/h6-9,13,16-21,24-27H,2-5,10H2,1H3,(H,23,28)/b11-8+/t16-,17+,18-,19-,20+,21-/m1/s1. The van der Waals surface area contributed by atoms with Gasteiger partial charge in [-0.2, -0.15) is 0 Å². The number of aromatic hydroxyl groups is 1. The van der Waals surface area contributed by atoms with Gasteiger partial charge in [0, 0.05) is 5.57 Å². The molecule has 0 radical (unpaired) electrons. The molecule has 0 spiro atoms. The first kappa shape index (κ1) is 22.0. The van der Waals surface area contributed by atoms with Crippen LogP contribution in [-0.4, -0.2) is 75.8 Å². The number of aliphatic hydroxyl groups is 3. The number of phenolic OH excluding ortho intramolecular Hbond substituents is 1. The molecule has 3 aliphatic rings. The predicted molar refractivity (Wildman–Crippen MR) is 109 cm³/mol. The van der Waals surface area contributed by atoms with Crippen LogP contribution in [0.5, 0.6) is 11.5 Å². The van der Waals surface area contributed by atoms with Gasteiger partial charge in [0.05, 0.1) is 12.1 Å². The van der Waals surface area contributed by atoms with Gasteiger partial charge in [0.25, 0.3) is 0 Å². The zero-order chi connectivity index (χ0) is 22.1. The van der Waals surface area contributed by atoms with Crippen molar-refractivity contribution in [2.24, 2.45) is 0 Å². The summed E-state index contributed by atoms with van der Waals surface area (Å²) in [6.45, 7) is 1.48. The third kappa shape index (κ3) is 4.56. The summed E-state index contributed by atoms with van der Waals surface area (Å²) in [6, 6.07) is 3.81. The quantitative estimate of drug-likeness (QED) is 0.420. The van der Waals surface area contributed by atoms with Gasteiger partial charge >= 0.3 is 0 Å². The number of aliphatic hydroxyl groups excluding tert-OH is 3. The summed E-state index contributed by atoms with van der Waals surface area (Å²) in [5.74, 6) is -0.111. The van der Waals surface area contributed by atoms with Crippen LogP contribution in [0.15, 0.2) is 23.8 Å². The third-order valence-corrected chi connectivity index (χ3v) is 6.22. The molecule has 1 aromatic rings. The second kappa shape index (κ2) is 9.13. The number of hydrogen-bond donors (Lipinski definition) is 5. The first-order valence-corrected chi connectivity index (χ1v) is 10.6. The largest absolute Gasteiger partial charge is 0.504 e. The van der Waals surface area contributed by atoms with Gasteiger partial charge in [-0.1, -0.05) is 6.07 Å². The Morgan fingerprint density at radius 2 is 1.77 bits per heavy atom. The maximum Gasteiger partial charge on any atom is 0.247 e. The summed E-state index contributed by atoms with van der Waals surface area (Å²) in [5.41, 5.74) is 0.893. The van der Waals surface area contributed by atoms with Crippen LogP contribution in [0.3, 0.4) is 0 Å². The highest BCUT2D eigenvalue weighted by Gasteiger charge is 2.53. The molecule has 3 fully saturated rings. The molecule has 1 amide bonds. The molecule has 9 nitrogen and oxygen atoms in total. The number of carbonyl (C=O) groups excluding carboxylic acids is 1. The van der Waals surface area contributed by atoms with Gasteiger partial charge in [-0.3, -0.25) is 4.79 Å². The minimum absolute atomic E-state index is 0.000436. The highest BCUT2D eigenvalue weighted by Crippen LogP contribution is 2.32. The molecule has 0 unspecified atom stereocenters. The van der Waals surface area contributed by atoms with E-state index in [9.17, 15) is 25.2 Å². The first-order chi connectivity index (χ1) is 14.8. The van der Waals surface area contributed by atoms with Crippen molar-refractivity contribution < 1.29 is 39.4 Å². The van der Waals surface area contributed by atoms with Crippen LogP contribution in [0.25, 0.3) is 6.08 Å². The molecule has 5 N–H and O–H groups in total. The fraction of sp³-hybridized carbons (Fsp3) is 0.591. The number of rotatable bonds is 5. The Bertz CT molecular complexity index is 837. The van der Waals surface area contributed by atoms with E-state index < -0.39 is 42.5 Å². The minimum Gasteiger partial charge on any atom is -0.504 e. The van der Waals surface area contributed by atoms with Crippen LogP contribution in [0.1, 0.15) is 38.2 Å². The Hall–Kier alpha value is -2.17. The van der Waals surface area contributed by atoms with Crippen LogP contribution < -0.4 is 10.1 Å². The number of fused-ring (bicyclic) bond motifs is 1. The van der Waals surface area contributed by atoms with E-state index in [1.807, 2.05) is 0 Å². The highest BCUT2D eigenvalue weighted by atomic mass is 16.7. The lowest BCUT2D eigenvalue weighted by atomic mass is 9.83. The lowest BCUT2D eigenvalue weighted by Gasteiger charge is -2.41. The Morgan fingerprint density at radius 3 is 2.45 bits per heavy atom. The molecule has 31 heavy (non-hydrogen) atoms. The van der Waals surface area contributed by atoms with Crippen LogP contribution in [0.2, 0.25) is 0 Å². The Labute approximate surface area is 180 Å². The number of hydrogen-bond acceptors (Lipinski definition) is 8. The number of benzene rings is 1. The van der Waals surface area contributed by atoms with Crippen LogP contribution in [-0.2, 0) is 14.3 Å². The topological polar surface area (TPSA) is 138 Å². The van der Waals surface area contributed by atoms with E-state index in [-0.39, 0.29) is 18.6 Å². The Kier molecular flexibility index (Phi) is 6.49. The van der Waals surface area contributed by atoms with Crippen molar-refractivity contribution in [3.8, 4) is 11.5 Å². The van der Waals surface area contributed by atoms with Gasteiger partial charge in [-0.05, 0) is 56.4 Å². The average molecular weight is 435 g/mol. The maximum absolute atomic E-state index is 12.6. The molecule has 1 saturated heterocycles. The van der Waals surface area contributed by atoms with Gasteiger partial charge < -0.3 is 40.0 Å². The van der Waals surface area contributed by atoms with Crippen molar-refractivity contribution in [1.29, 1.82) is 0 Å². The summed E-state index contributed by atoms with van der Waals surface area (Å²) in [4.78, 5) is 12.6. The normalized spacial score (nSPS) is 33.9. The fourth-order valence-electron chi connectivity index (χ4n) is 4.45. The van der Waals surface area contributed by atoms with Gasteiger partial charge in [0.1, 0.15) is 37.3 Å². The number of carbonyl (C=O) groups is 1. The van der Waals surface area contributed by atoms with E-state index in [1.165, 1.54) is 6.07 Å². The van der Waals surface area contributed by atoms with E-state index in [0.717, 1.165) is 25.7 Å². The second-order valence-corrected chi connectivity index (χ2v) is 8.43. The van der Waals surface area contributed by atoms with E-state index in [1.54, 1.807) is 25.1 Å². The molecule has 4 rings (SSSR count). The number of nitrogens with one attached hydrogen (secondary N) is 1. The maximum atomic E-state index is 12.6. The van der Waals surface area contributed by atoms with Gasteiger partial charge in [0.2, 0.25) is 5.91 Å². The average Bonchev–Trinajstić information content (AvgIpc) is 3.43. The van der Waals surface area contributed by atoms with E-state index in [2.05, 4.69) is 5.32 Å². The van der Waals surface area contributed by atoms with Crippen molar-refractivity contribution in [2.45, 2.75) is 75.3 Å². The van der Waals surface area contributed by atoms with Crippen LogP contribution in [0, 0.1) is 0 Å². The van der Waals surface area contributed by atoms with Crippen LogP contribution >= 0.6 is 0 Å². The minimum atomic E-state index is -1.41. The first-order valence-electron chi connectivity index (χ1n) is 10.6. The van der Waals surface area contributed by atoms with Gasteiger partial charge in [0.15, 0.2) is 11.5 Å². The highest BCUT2D eigenvalue weighted by molar-refractivity contribution is 5.97. The molecule has 9 heteroatoms. The SMILES string of the molecule is C/C(=C\c1ccc(OC2CCCC2)c(O)c1)C(=O)N[C@@H]1[C@H](O)[C@@H](O)[C@H]2OCO[C@H]2[C@@H]1O. The zero-order valence-electron chi connectivity index (χ0n) is 17.3. The molecule has 1 aromatic carbocycles. The van der Waals surface area contributed by atoms with Crippen LogP contribution in [0.4, 0.5) is 0 Å². The monoisotopic (exact) mass is 435 g/mol. The summed E-state index contributed by atoms with van der Waals surface area (Å²) in [5, 5.41) is 43.9. The van der Waals surface area contributed by atoms with Crippen molar-refractivity contribution in [2.75, 3.05) is 6.79 Å². The summed E-state index contributed by atoms with van der Waals surface area (Å²) >= 11 is 0. The van der Waals surface area contributed by atoms with Crippen molar-refractivity contribution in [3.63, 3.8) is 0 Å². The zero-order valence-corrected chi connectivity index (χ0v) is 17.3. The van der Waals surface area contributed by atoms with E-state index in [0.29, 0.717) is 16.9 Å². The van der Waals surface area contributed by atoms with E-state index in [4.69, 9.17) is 14.2 Å². The lowest BCUT2D eigenvalue weighted by molar-refractivity contribution is -0.155. The number of amides is 1. The second-order valence-electron chi connectivity index (χ2n) is 8.43. The molecule has 6 atom stereocenters. The van der Waals surface area contributed by atoms with Crippen molar-refractivity contribution >= 4 is 12.0 Å². The van der Waals surface area contributed by atoms with Gasteiger partial charge in [-0.15, -0.1) is 0 Å². The summed E-state index contributed by atoms with van der Waals surface area (Å²) < 4.78 is 16.3. The Balaban J connectivity index is 1.42. The fourth-order valence-corrected chi connectivity index (χ4v) is 4.45. The molecule has 2 saturated carbocycles. The lowest BCUT2D eigenvalue weighted by Crippen LogP contribution is -2.67.